The van der Waals surface area contributed by atoms with Gasteiger partial charge in [0.1, 0.15) is 5.75 Å². The van der Waals surface area contributed by atoms with Gasteiger partial charge in [-0.25, -0.2) is 0 Å². The highest BCUT2D eigenvalue weighted by molar-refractivity contribution is 5.78. The summed E-state index contributed by atoms with van der Waals surface area (Å²) in [5.74, 6) is 2.23. The van der Waals surface area contributed by atoms with Crippen molar-refractivity contribution in [3.05, 3.63) is 66.1 Å². The minimum atomic E-state index is 0.0392. The van der Waals surface area contributed by atoms with Gasteiger partial charge in [-0.15, -0.1) is 0 Å². The number of benzene rings is 2. The molecule has 7 heteroatoms. The van der Waals surface area contributed by atoms with Gasteiger partial charge in [0.15, 0.2) is 0 Å². The summed E-state index contributed by atoms with van der Waals surface area (Å²) in [4.78, 5) is 19.4. The Morgan fingerprint density at radius 1 is 1.12 bits per heavy atom. The topological polar surface area (TPSA) is 80.5 Å². The van der Waals surface area contributed by atoms with E-state index in [2.05, 4.69) is 20.4 Å². The van der Waals surface area contributed by atoms with E-state index in [0.717, 1.165) is 42.8 Å². The average Bonchev–Trinajstić information content (AvgIpc) is 3.28. The molecule has 0 saturated carbocycles. The second-order valence-corrected chi connectivity index (χ2v) is 8.46. The largest absolute Gasteiger partial charge is 0.491 e. The molecule has 0 unspecified atom stereocenters. The quantitative estimate of drug-likeness (QED) is 0.576. The number of ether oxygens (including phenoxy) is 1. The van der Waals surface area contributed by atoms with Gasteiger partial charge in [-0.1, -0.05) is 47.6 Å². The van der Waals surface area contributed by atoms with Crippen LogP contribution in [-0.2, 0) is 17.9 Å². The minimum absolute atomic E-state index is 0.0392. The van der Waals surface area contributed by atoms with Crippen LogP contribution in [0.3, 0.4) is 0 Å². The maximum Gasteiger partial charge on any atom is 0.241 e. The van der Waals surface area contributed by atoms with E-state index >= 15 is 0 Å². The van der Waals surface area contributed by atoms with Crippen molar-refractivity contribution >= 4 is 5.91 Å². The van der Waals surface area contributed by atoms with Crippen LogP contribution in [0.5, 0.6) is 5.75 Å². The number of hydrogen-bond acceptors (Lipinski definition) is 6. The van der Waals surface area contributed by atoms with Gasteiger partial charge in [0.05, 0.1) is 12.6 Å². The predicted octanol–water partition coefficient (Wildman–Crippen LogP) is 4.05. The molecule has 32 heavy (non-hydrogen) atoms. The van der Waals surface area contributed by atoms with Gasteiger partial charge in [0.2, 0.25) is 17.6 Å². The average molecular weight is 435 g/mol. The first-order chi connectivity index (χ1) is 15.6. The zero-order valence-electron chi connectivity index (χ0n) is 18.7. The number of nitrogens with zero attached hydrogens (tertiary/aromatic N) is 3. The lowest BCUT2D eigenvalue weighted by Gasteiger charge is -2.30. The van der Waals surface area contributed by atoms with Gasteiger partial charge < -0.3 is 14.6 Å². The number of nitrogens with one attached hydrogen (secondary N) is 1. The van der Waals surface area contributed by atoms with Crippen LogP contribution in [-0.4, -0.2) is 40.1 Å². The third kappa shape index (κ3) is 5.95. The minimum Gasteiger partial charge on any atom is -0.491 e. The number of aromatic nitrogens is 2. The number of piperidine rings is 1. The number of carbonyl (C=O) groups is 1. The molecule has 7 nitrogen and oxygen atoms in total. The zero-order chi connectivity index (χ0) is 22.3. The number of rotatable bonds is 8. The molecule has 168 valence electrons. The highest BCUT2D eigenvalue weighted by Gasteiger charge is 2.26. The molecule has 4 rings (SSSR count). The molecule has 1 N–H and O–H groups in total. The Hall–Kier alpha value is -3.19. The van der Waals surface area contributed by atoms with Gasteiger partial charge in [-0.3, -0.25) is 9.69 Å². The van der Waals surface area contributed by atoms with Crippen molar-refractivity contribution in [3.8, 4) is 17.1 Å². The fraction of sp³-hybridized carbons (Fsp3) is 0.400. The number of likely N-dealkylation sites (tertiary alicyclic amines) is 1. The maximum atomic E-state index is 12.6. The Labute approximate surface area is 188 Å². The fourth-order valence-electron chi connectivity index (χ4n) is 3.86. The van der Waals surface area contributed by atoms with Crippen molar-refractivity contribution in [2.75, 3.05) is 13.1 Å². The van der Waals surface area contributed by atoms with Crippen molar-refractivity contribution in [2.45, 2.75) is 45.9 Å². The molecule has 1 amide bonds. The van der Waals surface area contributed by atoms with Crippen LogP contribution in [0.25, 0.3) is 11.4 Å². The molecule has 0 aliphatic carbocycles. The molecular formula is C25H30N4O3. The summed E-state index contributed by atoms with van der Waals surface area (Å²) in [6.45, 7) is 6.82. The summed E-state index contributed by atoms with van der Waals surface area (Å²) in [6, 6.07) is 17.7. The van der Waals surface area contributed by atoms with Crippen LogP contribution in [0, 0.1) is 5.92 Å². The first kappa shape index (κ1) is 22.0. The fourth-order valence-corrected chi connectivity index (χ4v) is 3.86. The lowest BCUT2D eigenvalue weighted by atomic mass is 9.96. The molecule has 2 heterocycles. The monoisotopic (exact) mass is 434 g/mol. The Kier molecular flexibility index (Phi) is 7.17. The third-order valence-corrected chi connectivity index (χ3v) is 5.58. The molecule has 3 aromatic rings. The second-order valence-electron chi connectivity index (χ2n) is 8.46. The number of hydrogen-bond donors (Lipinski definition) is 1. The van der Waals surface area contributed by atoms with Gasteiger partial charge in [-0.05, 0) is 57.5 Å². The molecular weight excluding hydrogens is 404 g/mol. The summed E-state index contributed by atoms with van der Waals surface area (Å²) in [7, 11) is 0. The SMILES string of the molecule is CC(C)Oc1ccc(CNC(=O)C2CCN(Cc3nc(-c4ccccc4)no3)CC2)cc1. The highest BCUT2D eigenvalue weighted by atomic mass is 16.5. The van der Waals surface area contributed by atoms with Gasteiger partial charge >= 0.3 is 0 Å². The summed E-state index contributed by atoms with van der Waals surface area (Å²) in [5.41, 5.74) is 2.01. The van der Waals surface area contributed by atoms with E-state index in [1.165, 1.54) is 0 Å². The normalized spacial score (nSPS) is 15.1. The van der Waals surface area contributed by atoms with Crippen LogP contribution < -0.4 is 10.1 Å². The number of amides is 1. The highest BCUT2D eigenvalue weighted by Crippen LogP contribution is 2.21. The molecule has 1 aliphatic heterocycles. The van der Waals surface area contributed by atoms with Gasteiger partial charge in [0.25, 0.3) is 0 Å². The summed E-state index contributed by atoms with van der Waals surface area (Å²) < 4.78 is 11.1. The smallest absolute Gasteiger partial charge is 0.241 e. The van der Waals surface area contributed by atoms with Crippen molar-refractivity contribution < 1.29 is 14.1 Å². The van der Waals surface area contributed by atoms with E-state index in [1.807, 2.05) is 68.4 Å². The van der Waals surface area contributed by atoms with E-state index in [0.29, 0.717) is 24.8 Å². The maximum absolute atomic E-state index is 12.6. The van der Waals surface area contributed by atoms with Crippen molar-refractivity contribution in [1.29, 1.82) is 0 Å². The molecule has 1 aliphatic rings. The first-order valence-corrected chi connectivity index (χ1v) is 11.2. The molecule has 0 atom stereocenters. The lowest BCUT2D eigenvalue weighted by Crippen LogP contribution is -2.40. The predicted molar refractivity (Wildman–Crippen MR) is 122 cm³/mol. The van der Waals surface area contributed by atoms with Gasteiger partial charge in [-0.2, -0.15) is 4.98 Å². The summed E-state index contributed by atoms with van der Waals surface area (Å²) >= 11 is 0. The van der Waals surface area contributed by atoms with Crippen LogP contribution in [0.1, 0.15) is 38.1 Å². The first-order valence-electron chi connectivity index (χ1n) is 11.2. The Morgan fingerprint density at radius 2 is 1.84 bits per heavy atom. The Bertz CT molecular complexity index is 994. The molecule has 1 saturated heterocycles. The molecule has 0 spiro atoms. The van der Waals surface area contributed by atoms with E-state index in [1.54, 1.807) is 0 Å². The summed E-state index contributed by atoms with van der Waals surface area (Å²) in [5, 5.41) is 7.16. The molecule has 2 aromatic carbocycles. The van der Waals surface area contributed by atoms with Crippen molar-refractivity contribution in [2.24, 2.45) is 5.92 Å². The zero-order valence-corrected chi connectivity index (χ0v) is 18.7. The van der Waals surface area contributed by atoms with Crippen LogP contribution in [0.4, 0.5) is 0 Å². The molecule has 1 aromatic heterocycles. The van der Waals surface area contributed by atoms with Crippen LogP contribution in [0.15, 0.2) is 59.1 Å². The Balaban J connectivity index is 1.21. The van der Waals surface area contributed by atoms with Crippen molar-refractivity contribution in [1.82, 2.24) is 20.4 Å². The van der Waals surface area contributed by atoms with E-state index in [9.17, 15) is 4.79 Å². The van der Waals surface area contributed by atoms with E-state index in [4.69, 9.17) is 9.26 Å². The van der Waals surface area contributed by atoms with Crippen LogP contribution in [0.2, 0.25) is 0 Å². The second kappa shape index (κ2) is 10.4. The third-order valence-electron chi connectivity index (χ3n) is 5.58. The molecule has 1 fully saturated rings. The lowest BCUT2D eigenvalue weighted by molar-refractivity contribution is -0.126. The molecule has 0 radical (unpaired) electrons. The molecule has 0 bridgehead atoms. The van der Waals surface area contributed by atoms with E-state index in [-0.39, 0.29) is 17.9 Å². The van der Waals surface area contributed by atoms with Crippen LogP contribution >= 0.6 is 0 Å². The number of carbonyl (C=O) groups excluding carboxylic acids is 1. The van der Waals surface area contributed by atoms with Gasteiger partial charge in [0, 0.05) is 18.0 Å². The van der Waals surface area contributed by atoms with Crippen molar-refractivity contribution in [3.63, 3.8) is 0 Å². The standard InChI is InChI=1S/C25H30N4O3/c1-18(2)31-22-10-8-19(9-11-22)16-26-25(30)21-12-14-29(15-13-21)17-23-27-24(28-32-23)20-6-4-3-5-7-20/h3-11,18,21H,12-17H2,1-2H3,(H,26,30). The Morgan fingerprint density at radius 3 is 2.53 bits per heavy atom. The summed E-state index contributed by atoms with van der Waals surface area (Å²) in [6.07, 6.45) is 1.80. The van der Waals surface area contributed by atoms with E-state index < -0.39 is 0 Å².